The van der Waals surface area contributed by atoms with Crippen molar-refractivity contribution >= 4 is 0 Å². The molecule has 1 saturated carbocycles. The number of nitrogens with one attached hydrogen (secondary N) is 1. The summed E-state index contributed by atoms with van der Waals surface area (Å²) < 4.78 is 5.02. The van der Waals surface area contributed by atoms with Crippen LogP contribution in [-0.2, 0) is 4.74 Å². The third-order valence-electron chi connectivity index (χ3n) is 3.31. The zero-order valence-electron chi connectivity index (χ0n) is 10.6. The van der Waals surface area contributed by atoms with Gasteiger partial charge in [0.15, 0.2) is 0 Å². The molecule has 0 aromatic heterocycles. The fourth-order valence-electron chi connectivity index (χ4n) is 2.15. The topological polar surface area (TPSA) is 44.7 Å². The highest BCUT2D eigenvalue weighted by atomic mass is 16.5. The predicted molar refractivity (Wildman–Crippen MR) is 65.6 cm³/mol. The van der Waals surface area contributed by atoms with Gasteiger partial charge in [-0.1, -0.05) is 12.8 Å². The van der Waals surface area contributed by atoms with Gasteiger partial charge in [0.1, 0.15) is 0 Å². The van der Waals surface area contributed by atoms with Crippen molar-refractivity contribution in [1.82, 2.24) is 10.2 Å². The second-order valence-electron chi connectivity index (χ2n) is 4.71. The molecule has 4 heteroatoms. The van der Waals surface area contributed by atoms with E-state index in [1.807, 2.05) is 0 Å². The Morgan fingerprint density at radius 2 is 2.06 bits per heavy atom. The molecule has 0 unspecified atom stereocenters. The molecule has 4 nitrogen and oxygen atoms in total. The summed E-state index contributed by atoms with van der Waals surface area (Å²) in [5, 5.41) is 13.2. The molecule has 0 spiro atoms. The maximum absolute atomic E-state index is 9.78. The number of methoxy groups -OCH3 is 1. The van der Waals surface area contributed by atoms with Crippen molar-refractivity contribution in [3.05, 3.63) is 0 Å². The lowest BCUT2D eigenvalue weighted by Crippen LogP contribution is -2.44. The average Bonchev–Trinajstić information content (AvgIpc) is 2.29. The van der Waals surface area contributed by atoms with Gasteiger partial charge in [0, 0.05) is 32.8 Å². The van der Waals surface area contributed by atoms with Crippen molar-refractivity contribution in [2.45, 2.75) is 37.8 Å². The number of nitrogens with zero attached hydrogens (tertiary/aromatic N) is 1. The Bertz CT molecular complexity index is 178. The summed E-state index contributed by atoms with van der Waals surface area (Å²) >= 11 is 0. The fourth-order valence-corrected chi connectivity index (χ4v) is 2.15. The van der Waals surface area contributed by atoms with Gasteiger partial charge in [-0.05, 0) is 19.9 Å². The Morgan fingerprint density at radius 3 is 2.75 bits per heavy atom. The highest BCUT2D eigenvalue weighted by Crippen LogP contribution is 2.17. The van der Waals surface area contributed by atoms with E-state index >= 15 is 0 Å². The summed E-state index contributed by atoms with van der Waals surface area (Å²) in [5.74, 6) is 0. The molecule has 0 aliphatic heterocycles. The molecule has 16 heavy (non-hydrogen) atoms. The van der Waals surface area contributed by atoms with Crippen LogP contribution in [0.1, 0.15) is 25.7 Å². The number of rotatable bonds is 7. The van der Waals surface area contributed by atoms with E-state index in [-0.39, 0.29) is 6.10 Å². The maximum atomic E-state index is 9.78. The number of ether oxygens (including phenoxy) is 1. The van der Waals surface area contributed by atoms with Crippen LogP contribution in [0.5, 0.6) is 0 Å². The van der Waals surface area contributed by atoms with Gasteiger partial charge in [0.2, 0.25) is 0 Å². The van der Waals surface area contributed by atoms with Crippen LogP contribution in [0, 0.1) is 0 Å². The van der Waals surface area contributed by atoms with Crippen molar-refractivity contribution in [2.75, 3.05) is 40.4 Å². The van der Waals surface area contributed by atoms with Gasteiger partial charge in [-0.2, -0.15) is 0 Å². The lowest BCUT2D eigenvalue weighted by atomic mass is 9.93. The molecule has 0 aromatic carbocycles. The summed E-state index contributed by atoms with van der Waals surface area (Å²) in [6.07, 6.45) is 4.35. The summed E-state index contributed by atoms with van der Waals surface area (Å²) in [6, 6.07) is 0.310. The zero-order valence-corrected chi connectivity index (χ0v) is 10.6. The van der Waals surface area contributed by atoms with E-state index in [1.54, 1.807) is 7.11 Å². The van der Waals surface area contributed by atoms with Gasteiger partial charge in [0.25, 0.3) is 0 Å². The standard InChI is InChI=1S/C12H26N2O2/c1-14(9-10-16-2)8-7-13-11-5-3-4-6-12(11)15/h11-13,15H,3-10H2,1-2H3/t11-,12-/m1/s1. The largest absolute Gasteiger partial charge is 0.392 e. The van der Waals surface area contributed by atoms with E-state index in [0.717, 1.165) is 39.1 Å². The van der Waals surface area contributed by atoms with Crippen LogP contribution in [0.15, 0.2) is 0 Å². The molecule has 0 saturated heterocycles. The Kier molecular flexibility index (Phi) is 6.96. The van der Waals surface area contributed by atoms with Crippen molar-refractivity contribution in [1.29, 1.82) is 0 Å². The molecule has 0 bridgehead atoms. The maximum Gasteiger partial charge on any atom is 0.0693 e. The molecular weight excluding hydrogens is 204 g/mol. The van der Waals surface area contributed by atoms with E-state index < -0.39 is 0 Å². The summed E-state index contributed by atoms with van der Waals surface area (Å²) in [4.78, 5) is 2.24. The minimum absolute atomic E-state index is 0.141. The third kappa shape index (κ3) is 5.25. The number of hydrogen-bond acceptors (Lipinski definition) is 4. The molecular formula is C12H26N2O2. The van der Waals surface area contributed by atoms with E-state index in [0.29, 0.717) is 6.04 Å². The van der Waals surface area contributed by atoms with Crippen molar-refractivity contribution in [3.8, 4) is 0 Å². The lowest BCUT2D eigenvalue weighted by Gasteiger charge is -2.29. The molecule has 2 N–H and O–H groups in total. The Morgan fingerprint density at radius 1 is 1.31 bits per heavy atom. The molecule has 0 radical (unpaired) electrons. The molecule has 1 rings (SSSR count). The van der Waals surface area contributed by atoms with Crippen molar-refractivity contribution in [2.24, 2.45) is 0 Å². The summed E-state index contributed by atoms with van der Waals surface area (Å²) in [5.41, 5.74) is 0. The van der Waals surface area contributed by atoms with E-state index in [2.05, 4.69) is 17.3 Å². The normalized spacial score (nSPS) is 26.2. The predicted octanol–water partition coefficient (Wildman–Crippen LogP) is 0.458. The highest BCUT2D eigenvalue weighted by Gasteiger charge is 2.21. The first-order valence-electron chi connectivity index (χ1n) is 6.33. The lowest BCUT2D eigenvalue weighted by molar-refractivity contribution is 0.0889. The van der Waals surface area contributed by atoms with E-state index in [1.165, 1.54) is 12.8 Å². The molecule has 1 aliphatic rings. The number of likely N-dealkylation sites (N-methyl/N-ethyl adjacent to an activating group) is 1. The second-order valence-corrected chi connectivity index (χ2v) is 4.71. The summed E-state index contributed by atoms with van der Waals surface area (Å²) in [7, 11) is 3.82. The molecule has 1 fully saturated rings. The van der Waals surface area contributed by atoms with Crippen LogP contribution in [0.2, 0.25) is 0 Å². The van der Waals surface area contributed by atoms with Crippen LogP contribution >= 0.6 is 0 Å². The molecule has 0 heterocycles. The first-order valence-corrected chi connectivity index (χ1v) is 6.33. The van der Waals surface area contributed by atoms with Gasteiger partial charge >= 0.3 is 0 Å². The van der Waals surface area contributed by atoms with Crippen LogP contribution in [0.4, 0.5) is 0 Å². The number of aliphatic hydroxyl groups is 1. The zero-order chi connectivity index (χ0) is 11.8. The Hall–Kier alpha value is -0.160. The Labute approximate surface area is 99.0 Å². The van der Waals surface area contributed by atoms with Crippen LogP contribution in [0.3, 0.4) is 0 Å². The molecule has 96 valence electrons. The summed E-state index contributed by atoms with van der Waals surface area (Å²) in [6.45, 7) is 3.70. The van der Waals surface area contributed by atoms with E-state index in [4.69, 9.17) is 4.74 Å². The highest BCUT2D eigenvalue weighted by molar-refractivity contribution is 4.80. The van der Waals surface area contributed by atoms with Crippen LogP contribution < -0.4 is 5.32 Å². The van der Waals surface area contributed by atoms with Gasteiger partial charge in [-0.15, -0.1) is 0 Å². The van der Waals surface area contributed by atoms with Crippen molar-refractivity contribution < 1.29 is 9.84 Å². The van der Waals surface area contributed by atoms with Crippen LogP contribution in [-0.4, -0.2) is 62.6 Å². The molecule has 0 amide bonds. The molecule has 2 atom stereocenters. The SMILES string of the molecule is COCCN(C)CCN[C@@H]1CCCC[C@H]1O. The number of hydrogen-bond donors (Lipinski definition) is 2. The van der Waals surface area contributed by atoms with Crippen molar-refractivity contribution in [3.63, 3.8) is 0 Å². The van der Waals surface area contributed by atoms with Gasteiger partial charge in [-0.25, -0.2) is 0 Å². The minimum atomic E-state index is -0.141. The second kappa shape index (κ2) is 8.01. The monoisotopic (exact) mass is 230 g/mol. The fraction of sp³-hybridized carbons (Fsp3) is 1.00. The van der Waals surface area contributed by atoms with Gasteiger partial charge < -0.3 is 20.1 Å². The van der Waals surface area contributed by atoms with Gasteiger partial charge in [0.05, 0.1) is 12.7 Å². The third-order valence-corrected chi connectivity index (χ3v) is 3.31. The number of aliphatic hydroxyl groups excluding tert-OH is 1. The first kappa shape index (κ1) is 13.9. The molecule has 0 aromatic rings. The smallest absolute Gasteiger partial charge is 0.0693 e. The molecule has 1 aliphatic carbocycles. The van der Waals surface area contributed by atoms with Crippen LogP contribution in [0.25, 0.3) is 0 Å². The minimum Gasteiger partial charge on any atom is -0.392 e. The Balaban J connectivity index is 2.05. The quantitative estimate of drug-likeness (QED) is 0.667. The van der Waals surface area contributed by atoms with Gasteiger partial charge in [-0.3, -0.25) is 0 Å². The first-order chi connectivity index (χ1) is 7.74. The van der Waals surface area contributed by atoms with E-state index in [9.17, 15) is 5.11 Å². The average molecular weight is 230 g/mol.